The minimum atomic E-state index is -0.0645. The van der Waals surface area contributed by atoms with Gasteiger partial charge in [-0.15, -0.1) is 11.3 Å². The SMILES string of the molecule is CCNC(=NCC(C)(C)c1ccc(OC)cc1)N(C)Cc1csc(C)n1. The summed E-state index contributed by atoms with van der Waals surface area (Å²) in [7, 11) is 3.74. The third kappa shape index (κ3) is 5.46. The van der Waals surface area contributed by atoms with Crippen molar-refractivity contribution in [3.63, 3.8) is 0 Å². The zero-order chi connectivity index (χ0) is 19.2. The molecule has 0 bridgehead atoms. The first-order valence-electron chi connectivity index (χ1n) is 8.90. The second-order valence-corrected chi connectivity index (χ2v) is 8.06. The molecule has 0 amide bonds. The number of aliphatic imine (C=N–C) groups is 1. The molecule has 0 unspecified atom stereocenters. The molecule has 1 aromatic carbocycles. The number of nitrogens with one attached hydrogen (secondary N) is 1. The number of guanidine groups is 1. The lowest BCUT2D eigenvalue weighted by Crippen LogP contribution is -2.39. The third-order valence-corrected chi connectivity index (χ3v) is 5.08. The van der Waals surface area contributed by atoms with E-state index in [1.165, 1.54) is 5.56 Å². The van der Waals surface area contributed by atoms with E-state index in [0.717, 1.165) is 35.5 Å². The van der Waals surface area contributed by atoms with Gasteiger partial charge in [0.2, 0.25) is 0 Å². The quantitative estimate of drug-likeness (QED) is 0.591. The number of benzene rings is 1. The van der Waals surface area contributed by atoms with Crippen LogP contribution in [0.25, 0.3) is 0 Å². The first kappa shape index (κ1) is 20.2. The normalized spacial score (nSPS) is 12.2. The summed E-state index contributed by atoms with van der Waals surface area (Å²) in [5, 5.41) is 6.58. The van der Waals surface area contributed by atoms with Gasteiger partial charge in [0.15, 0.2) is 5.96 Å². The molecule has 0 spiro atoms. The molecule has 0 aliphatic heterocycles. The molecule has 0 radical (unpaired) electrons. The van der Waals surface area contributed by atoms with Crippen molar-refractivity contribution in [3.8, 4) is 5.75 Å². The molecule has 2 rings (SSSR count). The fourth-order valence-electron chi connectivity index (χ4n) is 2.67. The van der Waals surface area contributed by atoms with Crippen LogP contribution in [0, 0.1) is 6.92 Å². The Morgan fingerprint density at radius 1 is 1.31 bits per heavy atom. The summed E-state index contributed by atoms with van der Waals surface area (Å²) < 4.78 is 5.25. The van der Waals surface area contributed by atoms with Gasteiger partial charge in [0, 0.05) is 24.4 Å². The highest BCUT2D eigenvalue weighted by atomic mass is 32.1. The van der Waals surface area contributed by atoms with Gasteiger partial charge in [-0.2, -0.15) is 0 Å². The van der Waals surface area contributed by atoms with Crippen molar-refractivity contribution in [1.29, 1.82) is 0 Å². The minimum Gasteiger partial charge on any atom is -0.497 e. The summed E-state index contributed by atoms with van der Waals surface area (Å²) in [5.41, 5.74) is 2.26. The molecule has 0 aliphatic rings. The molecule has 1 heterocycles. The number of methoxy groups -OCH3 is 1. The zero-order valence-corrected chi connectivity index (χ0v) is 17.5. The summed E-state index contributed by atoms with van der Waals surface area (Å²) in [6, 6.07) is 8.23. The molecule has 1 aromatic heterocycles. The minimum absolute atomic E-state index is 0.0645. The predicted octanol–water partition coefficient (Wildman–Crippen LogP) is 3.84. The molecule has 0 saturated heterocycles. The van der Waals surface area contributed by atoms with E-state index in [1.54, 1.807) is 18.4 Å². The maximum atomic E-state index is 5.25. The average molecular weight is 375 g/mol. The van der Waals surface area contributed by atoms with Gasteiger partial charge < -0.3 is 15.0 Å². The van der Waals surface area contributed by atoms with Crippen LogP contribution < -0.4 is 10.1 Å². The maximum absolute atomic E-state index is 5.25. The zero-order valence-electron chi connectivity index (χ0n) is 16.7. The van der Waals surface area contributed by atoms with Crippen molar-refractivity contribution in [2.45, 2.75) is 39.7 Å². The van der Waals surface area contributed by atoms with Crippen LogP contribution in [-0.4, -0.2) is 43.1 Å². The van der Waals surface area contributed by atoms with Crippen LogP contribution in [0.3, 0.4) is 0 Å². The van der Waals surface area contributed by atoms with Gasteiger partial charge in [-0.05, 0) is 31.5 Å². The topological polar surface area (TPSA) is 49.8 Å². The molecule has 5 nitrogen and oxygen atoms in total. The van der Waals surface area contributed by atoms with E-state index in [0.29, 0.717) is 6.54 Å². The monoisotopic (exact) mass is 374 g/mol. The van der Waals surface area contributed by atoms with Crippen LogP contribution in [0.5, 0.6) is 5.75 Å². The summed E-state index contributed by atoms with van der Waals surface area (Å²) in [5.74, 6) is 1.78. The van der Waals surface area contributed by atoms with Gasteiger partial charge in [-0.3, -0.25) is 4.99 Å². The number of thiazole rings is 1. The number of ether oxygens (including phenoxy) is 1. The molecule has 0 saturated carbocycles. The predicted molar refractivity (Wildman–Crippen MR) is 110 cm³/mol. The largest absolute Gasteiger partial charge is 0.497 e. The lowest BCUT2D eigenvalue weighted by atomic mass is 9.85. The summed E-state index contributed by atoms with van der Waals surface area (Å²) in [4.78, 5) is 11.6. The van der Waals surface area contributed by atoms with Crippen molar-refractivity contribution in [3.05, 3.63) is 45.9 Å². The summed E-state index contributed by atoms with van der Waals surface area (Å²) in [6.45, 7) is 10.8. The van der Waals surface area contributed by atoms with Crippen LogP contribution in [0.15, 0.2) is 34.6 Å². The lowest BCUT2D eigenvalue weighted by Gasteiger charge is -2.26. The summed E-state index contributed by atoms with van der Waals surface area (Å²) in [6.07, 6.45) is 0. The number of rotatable bonds is 7. The van der Waals surface area contributed by atoms with Crippen LogP contribution >= 0.6 is 11.3 Å². The molecule has 0 atom stereocenters. The van der Waals surface area contributed by atoms with Crippen LogP contribution in [0.4, 0.5) is 0 Å². The number of nitrogens with zero attached hydrogens (tertiary/aromatic N) is 3. The smallest absolute Gasteiger partial charge is 0.194 e. The Kier molecular flexibility index (Phi) is 7.03. The van der Waals surface area contributed by atoms with Crippen molar-refractivity contribution in [2.75, 3.05) is 27.2 Å². The average Bonchev–Trinajstić information content (AvgIpc) is 3.03. The Hall–Kier alpha value is -2.08. The third-order valence-electron chi connectivity index (χ3n) is 4.26. The fraction of sp³-hybridized carbons (Fsp3) is 0.500. The number of hydrogen-bond donors (Lipinski definition) is 1. The number of aryl methyl sites for hydroxylation is 1. The standard InChI is InChI=1S/C20H30N4OS/c1-7-21-19(24(5)12-17-13-26-15(2)23-17)22-14-20(3,4)16-8-10-18(25-6)11-9-16/h8-11,13H,7,12,14H2,1-6H3,(H,21,22). The van der Waals surface area contributed by atoms with E-state index < -0.39 is 0 Å². The summed E-state index contributed by atoms with van der Waals surface area (Å²) >= 11 is 1.68. The molecule has 142 valence electrons. The van der Waals surface area contributed by atoms with Gasteiger partial charge in [-0.1, -0.05) is 26.0 Å². The molecule has 0 aliphatic carbocycles. The van der Waals surface area contributed by atoms with Crippen molar-refractivity contribution < 1.29 is 4.74 Å². The van der Waals surface area contributed by atoms with E-state index in [4.69, 9.17) is 9.73 Å². The van der Waals surface area contributed by atoms with Gasteiger partial charge in [0.25, 0.3) is 0 Å². The molecular weight excluding hydrogens is 344 g/mol. The maximum Gasteiger partial charge on any atom is 0.194 e. The second kappa shape index (κ2) is 9.03. The Morgan fingerprint density at radius 2 is 2.00 bits per heavy atom. The first-order valence-corrected chi connectivity index (χ1v) is 9.78. The van der Waals surface area contributed by atoms with E-state index >= 15 is 0 Å². The molecule has 1 N–H and O–H groups in total. The highest BCUT2D eigenvalue weighted by Gasteiger charge is 2.21. The van der Waals surface area contributed by atoms with Gasteiger partial charge >= 0.3 is 0 Å². The Labute approximate surface area is 161 Å². The van der Waals surface area contributed by atoms with E-state index in [-0.39, 0.29) is 5.41 Å². The van der Waals surface area contributed by atoms with Crippen molar-refractivity contribution >= 4 is 17.3 Å². The Balaban J connectivity index is 2.10. The molecule has 0 fully saturated rings. The van der Waals surface area contributed by atoms with Crippen LogP contribution in [0.1, 0.15) is 37.0 Å². The Morgan fingerprint density at radius 3 is 2.54 bits per heavy atom. The Bertz CT molecular complexity index is 722. The number of hydrogen-bond acceptors (Lipinski definition) is 4. The van der Waals surface area contributed by atoms with Crippen molar-refractivity contribution in [2.24, 2.45) is 4.99 Å². The molecular formula is C20H30N4OS. The number of aromatic nitrogens is 1. The van der Waals surface area contributed by atoms with Crippen LogP contribution in [-0.2, 0) is 12.0 Å². The fourth-order valence-corrected chi connectivity index (χ4v) is 3.28. The van der Waals surface area contributed by atoms with Crippen molar-refractivity contribution in [1.82, 2.24) is 15.2 Å². The van der Waals surface area contributed by atoms with E-state index in [9.17, 15) is 0 Å². The lowest BCUT2D eigenvalue weighted by molar-refractivity contribution is 0.414. The van der Waals surface area contributed by atoms with Gasteiger partial charge in [-0.25, -0.2) is 4.98 Å². The highest BCUT2D eigenvalue weighted by Crippen LogP contribution is 2.25. The van der Waals surface area contributed by atoms with Gasteiger partial charge in [0.1, 0.15) is 5.75 Å². The molecule has 6 heteroatoms. The molecule has 26 heavy (non-hydrogen) atoms. The van der Waals surface area contributed by atoms with Crippen LogP contribution in [0.2, 0.25) is 0 Å². The first-order chi connectivity index (χ1) is 12.4. The van der Waals surface area contributed by atoms with E-state index in [1.807, 2.05) is 19.1 Å². The highest BCUT2D eigenvalue weighted by molar-refractivity contribution is 7.09. The molecule has 2 aromatic rings. The van der Waals surface area contributed by atoms with Gasteiger partial charge in [0.05, 0.1) is 30.9 Å². The van der Waals surface area contributed by atoms with E-state index in [2.05, 4.69) is 60.5 Å². The second-order valence-electron chi connectivity index (χ2n) is 7.00.